The summed E-state index contributed by atoms with van der Waals surface area (Å²) in [6.45, 7) is 19.3. The molecule has 4 heteroatoms. The van der Waals surface area contributed by atoms with Gasteiger partial charge < -0.3 is 9.16 Å². The van der Waals surface area contributed by atoms with Crippen LogP contribution in [0.15, 0.2) is 0 Å². The Hall–Kier alpha value is -0.353. The molecule has 0 aromatic carbocycles. The maximum atomic E-state index is 11.7. The zero-order valence-corrected chi connectivity index (χ0v) is 21.6. The van der Waals surface area contributed by atoms with E-state index in [-0.39, 0.29) is 11.0 Å². The molecule has 2 rings (SSSR count). The van der Waals surface area contributed by atoms with Crippen LogP contribution < -0.4 is 0 Å². The number of carbonyl (C=O) groups is 1. The normalized spacial score (nSPS) is 31.8. The summed E-state index contributed by atoms with van der Waals surface area (Å²) >= 11 is 0. The summed E-state index contributed by atoms with van der Waals surface area (Å²) in [5, 5.41) is 0.273. The van der Waals surface area contributed by atoms with E-state index < -0.39 is 8.32 Å². The quantitative estimate of drug-likeness (QED) is 0.302. The highest BCUT2D eigenvalue weighted by molar-refractivity contribution is 6.74. The molecule has 5 atom stereocenters. The average molecular weight is 425 g/mol. The molecule has 0 aromatic rings. The van der Waals surface area contributed by atoms with E-state index in [9.17, 15) is 4.79 Å². The first kappa shape index (κ1) is 24.9. The Balaban J connectivity index is 2.05. The van der Waals surface area contributed by atoms with Gasteiger partial charge in [0.05, 0.1) is 6.61 Å². The highest BCUT2D eigenvalue weighted by atomic mass is 28.4. The number of esters is 1. The van der Waals surface area contributed by atoms with Gasteiger partial charge in [-0.3, -0.25) is 4.79 Å². The van der Waals surface area contributed by atoms with Gasteiger partial charge in [-0.15, -0.1) is 0 Å². The minimum Gasteiger partial charge on any atom is -0.466 e. The van der Waals surface area contributed by atoms with Crippen LogP contribution in [0.5, 0.6) is 0 Å². The van der Waals surface area contributed by atoms with Gasteiger partial charge in [-0.25, -0.2) is 0 Å². The lowest BCUT2D eigenvalue weighted by Gasteiger charge is -2.57. The fourth-order valence-corrected chi connectivity index (χ4v) is 7.38. The van der Waals surface area contributed by atoms with Gasteiger partial charge in [-0.05, 0) is 86.7 Å². The lowest BCUT2D eigenvalue weighted by Crippen LogP contribution is -2.54. The maximum Gasteiger partial charge on any atom is 0.305 e. The van der Waals surface area contributed by atoms with Crippen molar-refractivity contribution in [2.45, 2.75) is 124 Å². The summed E-state index contributed by atoms with van der Waals surface area (Å²) in [5.41, 5.74) is 0.396. The molecule has 0 heterocycles. The predicted molar refractivity (Wildman–Crippen MR) is 125 cm³/mol. The smallest absolute Gasteiger partial charge is 0.305 e. The number of rotatable bonds is 8. The summed E-state index contributed by atoms with van der Waals surface area (Å²) < 4.78 is 12.1. The molecule has 2 saturated carbocycles. The average Bonchev–Trinajstić information content (AvgIpc) is 2.60. The van der Waals surface area contributed by atoms with Crippen LogP contribution in [0, 0.1) is 23.2 Å². The number of ether oxygens (including phenoxy) is 1. The zero-order chi connectivity index (χ0) is 21.9. The van der Waals surface area contributed by atoms with Crippen molar-refractivity contribution in [1.82, 2.24) is 0 Å². The minimum absolute atomic E-state index is 0.0343. The molecule has 29 heavy (non-hydrogen) atoms. The van der Waals surface area contributed by atoms with Crippen LogP contribution in [-0.2, 0) is 14.0 Å². The van der Waals surface area contributed by atoms with Gasteiger partial charge in [0.2, 0.25) is 0 Å². The lowest BCUT2D eigenvalue weighted by atomic mass is 9.52. The van der Waals surface area contributed by atoms with Crippen LogP contribution in [0.2, 0.25) is 18.1 Å². The van der Waals surface area contributed by atoms with Gasteiger partial charge in [0, 0.05) is 12.5 Å². The molecular weight excluding hydrogens is 376 g/mol. The number of hydrogen-bond acceptors (Lipinski definition) is 3. The third-order valence-electron chi connectivity index (χ3n) is 8.66. The summed E-state index contributed by atoms with van der Waals surface area (Å²) in [7, 11) is -1.74. The van der Waals surface area contributed by atoms with Crippen molar-refractivity contribution in [3.05, 3.63) is 0 Å². The van der Waals surface area contributed by atoms with Crippen LogP contribution in [0.3, 0.4) is 0 Å². The van der Waals surface area contributed by atoms with Crippen LogP contribution in [0.1, 0.15) is 99.3 Å². The van der Waals surface area contributed by atoms with Crippen molar-refractivity contribution < 1.29 is 14.0 Å². The monoisotopic (exact) mass is 424 g/mol. The number of carbonyl (C=O) groups excluding carboxylic acids is 1. The van der Waals surface area contributed by atoms with E-state index >= 15 is 0 Å². The van der Waals surface area contributed by atoms with Gasteiger partial charge >= 0.3 is 5.97 Å². The van der Waals surface area contributed by atoms with Crippen molar-refractivity contribution in [2.75, 3.05) is 6.61 Å². The molecule has 2 aliphatic rings. The second-order valence-corrected chi connectivity index (χ2v) is 16.4. The Labute approximate surface area is 181 Å². The number of fused-ring (bicyclic) bond motifs is 1. The Kier molecular flexibility index (Phi) is 8.46. The Morgan fingerprint density at radius 1 is 1.17 bits per heavy atom. The van der Waals surface area contributed by atoms with Crippen molar-refractivity contribution in [3.63, 3.8) is 0 Å². The lowest BCUT2D eigenvalue weighted by molar-refractivity contribution is -0.143. The first-order valence-corrected chi connectivity index (χ1v) is 15.2. The first-order valence-electron chi connectivity index (χ1n) is 12.3. The first-order chi connectivity index (χ1) is 13.4. The Morgan fingerprint density at radius 3 is 2.48 bits per heavy atom. The molecule has 170 valence electrons. The second kappa shape index (κ2) is 9.85. The minimum atomic E-state index is -1.74. The van der Waals surface area contributed by atoms with E-state index in [4.69, 9.17) is 9.16 Å². The van der Waals surface area contributed by atoms with Crippen LogP contribution in [0.25, 0.3) is 0 Å². The van der Waals surface area contributed by atoms with E-state index in [2.05, 4.69) is 47.7 Å². The fraction of sp³-hybridized carbons (Fsp3) is 0.960. The van der Waals surface area contributed by atoms with Crippen molar-refractivity contribution in [2.24, 2.45) is 23.2 Å². The molecule has 3 nitrogen and oxygen atoms in total. The van der Waals surface area contributed by atoms with Crippen LogP contribution >= 0.6 is 0 Å². The zero-order valence-electron chi connectivity index (χ0n) is 20.6. The van der Waals surface area contributed by atoms with E-state index in [0.29, 0.717) is 36.4 Å². The molecule has 0 unspecified atom stereocenters. The molecular formula is C25H48O3Si. The van der Waals surface area contributed by atoms with Crippen molar-refractivity contribution >= 4 is 14.3 Å². The second-order valence-electron chi connectivity index (χ2n) is 11.6. The van der Waals surface area contributed by atoms with Gasteiger partial charge in [0.15, 0.2) is 8.32 Å². The van der Waals surface area contributed by atoms with Gasteiger partial charge in [-0.1, -0.05) is 47.5 Å². The molecule has 0 aromatic heterocycles. The fourth-order valence-electron chi connectivity index (χ4n) is 5.99. The highest BCUT2D eigenvalue weighted by Gasteiger charge is 2.52. The molecule has 0 aliphatic heterocycles. The van der Waals surface area contributed by atoms with E-state index in [1.54, 1.807) is 0 Å². The highest BCUT2D eigenvalue weighted by Crippen LogP contribution is 2.57. The number of hydrogen-bond donors (Lipinski definition) is 0. The van der Waals surface area contributed by atoms with E-state index in [0.717, 1.165) is 18.8 Å². The van der Waals surface area contributed by atoms with E-state index in [1.165, 1.54) is 38.5 Å². The third kappa shape index (κ3) is 5.87. The molecule has 2 fully saturated rings. The van der Waals surface area contributed by atoms with Crippen molar-refractivity contribution in [3.8, 4) is 0 Å². The third-order valence-corrected chi connectivity index (χ3v) is 13.2. The molecule has 0 amide bonds. The molecule has 0 N–H and O–H groups in total. The van der Waals surface area contributed by atoms with Crippen molar-refractivity contribution in [1.29, 1.82) is 0 Å². The van der Waals surface area contributed by atoms with Gasteiger partial charge in [0.1, 0.15) is 0 Å². The Bertz CT molecular complexity index is 539. The standard InChI is InChI=1S/C25H48O3Si/c1-9-27-23(26)17-10-13-19(2)20-14-11-15-21-22(16-12-18-25(20,21)6)28-29(7,8)24(3,4)5/h19-22H,9-18H2,1-8H3/t19-,20-,21+,22+,25-/m1/s1. The summed E-state index contributed by atoms with van der Waals surface area (Å²) in [5.74, 6) is 2.10. The summed E-state index contributed by atoms with van der Waals surface area (Å²) in [6, 6.07) is 0. The van der Waals surface area contributed by atoms with Crippen LogP contribution in [-0.4, -0.2) is 27.0 Å². The molecule has 0 spiro atoms. The molecule has 2 aliphatic carbocycles. The largest absolute Gasteiger partial charge is 0.466 e. The Morgan fingerprint density at radius 2 is 1.86 bits per heavy atom. The summed E-state index contributed by atoms with van der Waals surface area (Å²) in [4.78, 5) is 11.7. The SMILES string of the molecule is CCOC(=O)CCC[C@@H](C)[C@H]1CCC[C@H]2[C@@H](O[Si](C)(C)C(C)(C)C)CCC[C@]12C. The van der Waals surface area contributed by atoms with Gasteiger partial charge in [0.25, 0.3) is 0 Å². The topological polar surface area (TPSA) is 35.5 Å². The molecule has 0 bridgehead atoms. The van der Waals surface area contributed by atoms with Crippen LogP contribution in [0.4, 0.5) is 0 Å². The molecule has 0 radical (unpaired) electrons. The maximum absolute atomic E-state index is 11.7. The van der Waals surface area contributed by atoms with E-state index in [1.807, 2.05) is 6.92 Å². The summed E-state index contributed by atoms with van der Waals surface area (Å²) in [6.07, 6.45) is 11.0. The molecule has 0 saturated heterocycles. The predicted octanol–water partition coefficient (Wildman–Crippen LogP) is 7.35. The van der Waals surface area contributed by atoms with Gasteiger partial charge in [-0.2, -0.15) is 0 Å².